The fraction of sp³-hybridized carbons (Fsp3) is 0.444. The molecule has 0 radical (unpaired) electrons. The van der Waals surface area contributed by atoms with E-state index in [2.05, 4.69) is 11.9 Å². The minimum Gasteiger partial charge on any atom is -0.477 e. The van der Waals surface area contributed by atoms with E-state index in [9.17, 15) is 4.79 Å². The summed E-state index contributed by atoms with van der Waals surface area (Å²) in [6.45, 7) is 2.17. The van der Waals surface area contributed by atoms with Gasteiger partial charge < -0.3 is 10.1 Å². The molecule has 3 heteroatoms. The first-order chi connectivity index (χ1) is 5.66. The van der Waals surface area contributed by atoms with Crippen LogP contribution in [0.5, 0.6) is 0 Å². The van der Waals surface area contributed by atoms with Gasteiger partial charge in [-0.2, -0.15) is 0 Å². The fourth-order valence-electron chi connectivity index (χ4n) is 1.82. The van der Waals surface area contributed by atoms with Crippen LogP contribution in [0.25, 0.3) is 0 Å². The van der Waals surface area contributed by atoms with Crippen molar-refractivity contribution in [2.75, 3.05) is 0 Å². The van der Waals surface area contributed by atoms with Crippen LogP contribution in [-0.2, 0) is 12.8 Å². The Morgan fingerprint density at radius 3 is 3.00 bits per heavy atom. The summed E-state index contributed by atoms with van der Waals surface area (Å²) in [5, 5.41) is 8.68. The number of nitrogens with one attached hydrogen (secondary N) is 1. The molecule has 1 aliphatic rings. The Bertz CT molecular complexity index is 304. The van der Waals surface area contributed by atoms with E-state index in [0.29, 0.717) is 11.6 Å². The average Bonchev–Trinajstić information content (AvgIpc) is 2.42. The standard InChI is InChI=1S/C9H11NO2/c1-5-2-6-4-8(9(11)12)10-7(6)3-5/h4-5,10H,2-3H2,1H3,(H,11,12). The topological polar surface area (TPSA) is 53.1 Å². The second-order valence-corrected chi connectivity index (χ2v) is 3.51. The Labute approximate surface area is 70.4 Å². The van der Waals surface area contributed by atoms with Gasteiger partial charge in [0.2, 0.25) is 0 Å². The number of carboxylic acid groups (broad SMARTS) is 1. The molecule has 2 rings (SSSR count). The molecule has 3 nitrogen and oxygen atoms in total. The molecule has 0 saturated heterocycles. The lowest BCUT2D eigenvalue weighted by Gasteiger charge is -1.96. The van der Waals surface area contributed by atoms with Gasteiger partial charge in [0.25, 0.3) is 0 Å². The van der Waals surface area contributed by atoms with Crippen molar-refractivity contribution in [3.05, 3.63) is 23.0 Å². The Hall–Kier alpha value is -1.25. The highest BCUT2D eigenvalue weighted by molar-refractivity contribution is 5.86. The van der Waals surface area contributed by atoms with Crippen molar-refractivity contribution in [1.29, 1.82) is 0 Å². The third kappa shape index (κ3) is 1.02. The Morgan fingerprint density at radius 1 is 1.67 bits per heavy atom. The second-order valence-electron chi connectivity index (χ2n) is 3.51. The van der Waals surface area contributed by atoms with E-state index < -0.39 is 5.97 Å². The van der Waals surface area contributed by atoms with E-state index in [1.54, 1.807) is 6.07 Å². The molecule has 1 atom stereocenters. The van der Waals surface area contributed by atoms with E-state index in [1.165, 1.54) is 5.56 Å². The average molecular weight is 165 g/mol. The number of aromatic amines is 1. The highest BCUT2D eigenvalue weighted by atomic mass is 16.4. The summed E-state index contributed by atoms with van der Waals surface area (Å²) in [4.78, 5) is 13.5. The molecule has 1 aromatic heterocycles. The van der Waals surface area contributed by atoms with E-state index in [4.69, 9.17) is 5.11 Å². The molecule has 0 amide bonds. The van der Waals surface area contributed by atoms with Gasteiger partial charge >= 0.3 is 5.97 Å². The van der Waals surface area contributed by atoms with Gasteiger partial charge in [-0.3, -0.25) is 0 Å². The molecule has 1 unspecified atom stereocenters. The molecular weight excluding hydrogens is 154 g/mol. The van der Waals surface area contributed by atoms with Crippen molar-refractivity contribution < 1.29 is 9.90 Å². The summed E-state index contributed by atoms with van der Waals surface area (Å²) in [7, 11) is 0. The van der Waals surface area contributed by atoms with Crippen molar-refractivity contribution in [2.45, 2.75) is 19.8 Å². The normalized spacial score (nSPS) is 20.9. The predicted octanol–water partition coefficient (Wildman–Crippen LogP) is 1.45. The zero-order chi connectivity index (χ0) is 8.72. The van der Waals surface area contributed by atoms with Crippen molar-refractivity contribution in [1.82, 2.24) is 4.98 Å². The summed E-state index contributed by atoms with van der Waals surface area (Å²) in [5.74, 6) is -0.203. The van der Waals surface area contributed by atoms with Crippen LogP contribution in [0.4, 0.5) is 0 Å². The number of rotatable bonds is 1. The second kappa shape index (κ2) is 2.37. The number of hydrogen-bond donors (Lipinski definition) is 2. The summed E-state index contributed by atoms with van der Waals surface area (Å²) >= 11 is 0. The minimum atomic E-state index is -0.864. The Morgan fingerprint density at radius 2 is 2.42 bits per heavy atom. The molecule has 1 aromatic rings. The number of aromatic nitrogens is 1. The van der Waals surface area contributed by atoms with E-state index in [1.807, 2.05) is 0 Å². The number of fused-ring (bicyclic) bond motifs is 1. The molecule has 0 aliphatic heterocycles. The van der Waals surface area contributed by atoms with Gasteiger partial charge in [0.05, 0.1) is 0 Å². The van der Waals surface area contributed by atoms with Crippen LogP contribution < -0.4 is 0 Å². The number of hydrogen-bond acceptors (Lipinski definition) is 1. The van der Waals surface area contributed by atoms with Gasteiger partial charge in [0, 0.05) is 5.69 Å². The van der Waals surface area contributed by atoms with Crippen LogP contribution in [0.3, 0.4) is 0 Å². The SMILES string of the molecule is CC1Cc2cc(C(=O)O)[nH]c2C1. The van der Waals surface area contributed by atoms with Crippen molar-refractivity contribution in [3.63, 3.8) is 0 Å². The lowest BCUT2D eigenvalue weighted by molar-refractivity contribution is 0.0691. The number of carbonyl (C=O) groups is 1. The van der Waals surface area contributed by atoms with E-state index >= 15 is 0 Å². The molecule has 12 heavy (non-hydrogen) atoms. The van der Waals surface area contributed by atoms with Crippen molar-refractivity contribution in [2.24, 2.45) is 5.92 Å². The van der Waals surface area contributed by atoms with E-state index in [0.717, 1.165) is 18.5 Å². The molecule has 0 fully saturated rings. The molecule has 0 aromatic carbocycles. The zero-order valence-electron chi connectivity index (χ0n) is 6.92. The smallest absolute Gasteiger partial charge is 0.352 e. The first kappa shape index (κ1) is 7.40. The molecule has 1 aliphatic carbocycles. The monoisotopic (exact) mass is 165 g/mol. The zero-order valence-corrected chi connectivity index (χ0v) is 6.92. The highest BCUT2D eigenvalue weighted by Gasteiger charge is 2.21. The summed E-state index contributed by atoms with van der Waals surface area (Å²) in [6, 6.07) is 1.75. The molecule has 2 N–H and O–H groups in total. The van der Waals surface area contributed by atoms with Crippen LogP contribution in [0, 0.1) is 5.92 Å². The van der Waals surface area contributed by atoms with Crippen molar-refractivity contribution in [3.8, 4) is 0 Å². The van der Waals surface area contributed by atoms with Gasteiger partial charge in [-0.15, -0.1) is 0 Å². The minimum absolute atomic E-state index is 0.326. The quantitative estimate of drug-likeness (QED) is 0.661. The lowest BCUT2D eigenvalue weighted by Crippen LogP contribution is -1.99. The van der Waals surface area contributed by atoms with Gasteiger partial charge in [0.15, 0.2) is 0 Å². The van der Waals surface area contributed by atoms with Crippen LogP contribution >= 0.6 is 0 Å². The number of aromatic carboxylic acids is 1. The molecule has 0 bridgehead atoms. The van der Waals surface area contributed by atoms with Crippen LogP contribution in [0.15, 0.2) is 6.07 Å². The number of H-pyrrole nitrogens is 1. The largest absolute Gasteiger partial charge is 0.477 e. The third-order valence-electron chi connectivity index (χ3n) is 2.34. The summed E-state index contributed by atoms with van der Waals surface area (Å²) in [6.07, 6.45) is 2.00. The van der Waals surface area contributed by atoms with Gasteiger partial charge in [-0.05, 0) is 30.4 Å². The molecule has 0 saturated carbocycles. The number of carboxylic acids is 1. The fourth-order valence-corrected chi connectivity index (χ4v) is 1.82. The van der Waals surface area contributed by atoms with Gasteiger partial charge in [-0.1, -0.05) is 6.92 Å². The molecular formula is C9H11NO2. The van der Waals surface area contributed by atoms with Gasteiger partial charge in [0.1, 0.15) is 5.69 Å². The van der Waals surface area contributed by atoms with Crippen LogP contribution in [0.1, 0.15) is 28.7 Å². The molecule has 0 spiro atoms. The maximum Gasteiger partial charge on any atom is 0.352 e. The lowest BCUT2D eigenvalue weighted by atomic mass is 10.1. The van der Waals surface area contributed by atoms with Crippen LogP contribution in [-0.4, -0.2) is 16.1 Å². The first-order valence-electron chi connectivity index (χ1n) is 4.11. The first-order valence-corrected chi connectivity index (χ1v) is 4.11. The van der Waals surface area contributed by atoms with Gasteiger partial charge in [-0.25, -0.2) is 4.79 Å². The third-order valence-corrected chi connectivity index (χ3v) is 2.34. The van der Waals surface area contributed by atoms with E-state index in [-0.39, 0.29) is 0 Å². The summed E-state index contributed by atoms with van der Waals surface area (Å²) < 4.78 is 0. The van der Waals surface area contributed by atoms with Crippen molar-refractivity contribution >= 4 is 5.97 Å². The summed E-state index contributed by atoms with van der Waals surface area (Å²) in [5.41, 5.74) is 2.62. The highest BCUT2D eigenvalue weighted by Crippen LogP contribution is 2.26. The maximum atomic E-state index is 10.6. The Kier molecular flexibility index (Phi) is 1.46. The molecule has 1 heterocycles. The van der Waals surface area contributed by atoms with Crippen LogP contribution in [0.2, 0.25) is 0 Å². The molecule has 64 valence electrons. The maximum absolute atomic E-state index is 10.6. The Balaban J connectivity index is 2.34. The predicted molar refractivity (Wildman–Crippen MR) is 44.3 cm³/mol.